The number of rotatable bonds is 4. The van der Waals surface area contributed by atoms with E-state index in [0.717, 1.165) is 11.1 Å². The minimum Gasteiger partial charge on any atom is -0.489 e. The molecule has 5 nitrogen and oxygen atoms in total. The van der Waals surface area contributed by atoms with Gasteiger partial charge in [0, 0.05) is 0 Å². The first kappa shape index (κ1) is 16.9. The molecular weight excluding hydrogens is 336 g/mol. The predicted octanol–water partition coefficient (Wildman–Crippen LogP) is 2.49. The summed E-state index contributed by atoms with van der Waals surface area (Å²) in [6, 6.07) is 15.3. The zero-order valence-corrected chi connectivity index (χ0v) is 14.4. The molecule has 126 valence electrons. The number of carbonyl (C=O) groups excluding carboxylic acids is 2. The Hall–Kier alpha value is -2.99. The molecule has 0 bridgehead atoms. The van der Waals surface area contributed by atoms with Crippen molar-refractivity contribution in [3.05, 3.63) is 70.8 Å². The van der Waals surface area contributed by atoms with E-state index in [-0.39, 0.29) is 10.7 Å². The summed E-state index contributed by atoms with van der Waals surface area (Å²) in [4.78, 5) is 23.6. The SMILES string of the molecule is Cc1cccc(COc2ccc(C=C3C(=O)NC(=S)NC3=O)cc2)c1. The van der Waals surface area contributed by atoms with E-state index in [1.54, 1.807) is 24.3 Å². The third-order valence-electron chi connectivity index (χ3n) is 3.62. The molecule has 0 aliphatic carbocycles. The Balaban J connectivity index is 1.68. The molecule has 0 radical (unpaired) electrons. The Kier molecular flexibility index (Phi) is 4.90. The van der Waals surface area contributed by atoms with Crippen molar-refractivity contribution in [1.82, 2.24) is 10.6 Å². The molecule has 0 spiro atoms. The summed E-state index contributed by atoms with van der Waals surface area (Å²) in [5.41, 5.74) is 3.02. The van der Waals surface area contributed by atoms with Crippen LogP contribution in [-0.4, -0.2) is 16.9 Å². The van der Waals surface area contributed by atoms with Crippen LogP contribution in [0.4, 0.5) is 0 Å². The van der Waals surface area contributed by atoms with E-state index in [1.807, 2.05) is 25.1 Å². The maximum absolute atomic E-state index is 11.8. The second-order valence-corrected chi connectivity index (χ2v) is 6.05. The number of aryl methyl sites for hydroxylation is 1. The third-order valence-corrected chi connectivity index (χ3v) is 3.83. The molecule has 0 unspecified atom stereocenters. The first-order chi connectivity index (χ1) is 12.0. The zero-order chi connectivity index (χ0) is 17.8. The summed E-state index contributed by atoms with van der Waals surface area (Å²) >= 11 is 4.76. The lowest BCUT2D eigenvalue weighted by molar-refractivity contribution is -0.123. The lowest BCUT2D eigenvalue weighted by Gasteiger charge is -2.16. The summed E-state index contributed by atoms with van der Waals surface area (Å²) in [5.74, 6) is -0.301. The monoisotopic (exact) mass is 352 g/mol. The number of ether oxygens (including phenoxy) is 1. The van der Waals surface area contributed by atoms with E-state index in [0.29, 0.717) is 12.4 Å². The van der Waals surface area contributed by atoms with Crippen LogP contribution < -0.4 is 15.4 Å². The van der Waals surface area contributed by atoms with Gasteiger partial charge in [-0.3, -0.25) is 20.2 Å². The van der Waals surface area contributed by atoms with Crippen molar-refractivity contribution in [1.29, 1.82) is 0 Å². The van der Waals surface area contributed by atoms with Gasteiger partial charge < -0.3 is 4.74 Å². The van der Waals surface area contributed by atoms with E-state index in [9.17, 15) is 9.59 Å². The molecule has 25 heavy (non-hydrogen) atoms. The largest absolute Gasteiger partial charge is 0.489 e. The smallest absolute Gasteiger partial charge is 0.263 e. The van der Waals surface area contributed by atoms with Crippen molar-refractivity contribution in [2.75, 3.05) is 0 Å². The first-order valence-electron chi connectivity index (χ1n) is 7.68. The molecule has 1 aliphatic heterocycles. The Morgan fingerprint density at radius 3 is 2.36 bits per heavy atom. The molecular formula is C19H16N2O3S. The van der Waals surface area contributed by atoms with Crippen molar-refractivity contribution in [2.24, 2.45) is 0 Å². The Morgan fingerprint density at radius 1 is 1.04 bits per heavy atom. The molecule has 3 rings (SSSR count). The van der Waals surface area contributed by atoms with Crippen LogP contribution in [0.25, 0.3) is 6.08 Å². The highest BCUT2D eigenvalue weighted by atomic mass is 32.1. The van der Waals surface area contributed by atoms with Gasteiger partial charge in [0.15, 0.2) is 5.11 Å². The Bertz CT molecular complexity index is 850. The van der Waals surface area contributed by atoms with Crippen LogP contribution in [0.15, 0.2) is 54.1 Å². The van der Waals surface area contributed by atoms with Gasteiger partial charge in [0.05, 0.1) is 0 Å². The molecule has 6 heteroatoms. The molecule has 1 fully saturated rings. The molecule has 0 aromatic heterocycles. The van der Waals surface area contributed by atoms with Crippen LogP contribution in [-0.2, 0) is 16.2 Å². The quantitative estimate of drug-likeness (QED) is 0.504. The first-order valence-corrected chi connectivity index (χ1v) is 8.09. The van der Waals surface area contributed by atoms with E-state index >= 15 is 0 Å². The highest BCUT2D eigenvalue weighted by Gasteiger charge is 2.25. The van der Waals surface area contributed by atoms with Gasteiger partial charge in [-0.25, -0.2) is 0 Å². The topological polar surface area (TPSA) is 67.4 Å². The van der Waals surface area contributed by atoms with Gasteiger partial charge in [-0.2, -0.15) is 0 Å². The van der Waals surface area contributed by atoms with Gasteiger partial charge in [0.2, 0.25) is 0 Å². The van der Waals surface area contributed by atoms with Crippen LogP contribution >= 0.6 is 12.2 Å². The normalized spacial score (nSPS) is 14.0. The number of amides is 2. The lowest BCUT2D eigenvalue weighted by atomic mass is 10.1. The van der Waals surface area contributed by atoms with Crippen molar-refractivity contribution in [2.45, 2.75) is 13.5 Å². The number of carbonyl (C=O) groups is 2. The number of hydrogen-bond donors (Lipinski definition) is 2. The van der Waals surface area contributed by atoms with Gasteiger partial charge in [-0.1, -0.05) is 42.0 Å². The zero-order valence-electron chi connectivity index (χ0n) is 13.5. The highest BCUT2D eigenvalue weighted by molar-refractivity contribution is 7.80. The number of hydrogen-bond acceptors (Lipinski definition) is 4. The molecule has 0 atom stereocenters. The number of nitrogens with one attached hydrogen (secondary N) is 2. The summed E-state index contributed by atoms with van der Waals surface area (Å²) in [6.45, 7) is 2.51. The number of benzene rings is 2. The van der Waals surface area contributed by atoms with Gasteiger partial charge >= 0.3 is 0 Å². The van der Waals surface area contributed by atoms with Crippen LogP contribution in [0.2, 0.25) is 0 Å². The van der Waals surface area contributed by atoms with E-state index < -0.39 is 11.8 Å². The van der Waals surface area contributed by atoms with E-state index in [2.05, 4.69) is 16.7 Å². The molecule has 0 saturated carbocycles. The van der Waals surface area contributed by atoms with Gasteiger partial charge in [0.1, 0.15) is 17.9 Å². The second-order valence-electron chi connectivity index (χ2n) is 5.64. The lowest BCUT2D eigenvalue weighted by Crippen LogP contribution is -2.51. The molecule has 1 aliphatic rings. The van der Waals surface area contributed by atoms with Gasteiger partial charge in [0.25, 0.3) is 11.8 Å². The third kappa shape index (κ3) is 4.30. The minimum absolute atomic E-state index is 0.0158. The molecule has 1 heterocycles. The Morgan fingerprint density at radius 2 is 1.72 bits per heavy atom. The average Bonchev–Trinajstić information content (AvgIpc) is 2.57. The molecule has 2 amide bonds. The van der Waals surface area contributed by atoms with Crippen LogP contribution in [0.1, 0.15) is 16.7 Å². The summed E-state index contributed by atoms with van der Waals surface area (Å²) in [7, 11) is 0. The van der Waals surface area contributed by atoms with Crippen molar-refractivity contribution >= 4 is 35.2 Å². The van der Waals surface area contributed by atoms with Crippen LogP contribution in [0.5, 0.6) is 5.75 Å². The molecule has 2 aromatic carbocycles. The predicted molar refractivity (Wildman–Crippen MR) is 98.8 cm³/mol. The fourth-order valence-corrected chi connectivity index (χ4v) is 2.59. The fourth-order valence-electron chi connectivity index (χ4n) is 2.40. The van der Waals surface area contributed by atoms with Crippen molar-refractivity contribution in [3.63, 3.8) is 0 Å². The molecule has 2 aromatic rings. The van der Waals surface area contributed by atoms with Crippen LogP contribution in [0, 0.1) is 6.92 Å². The fraction of sp³-hybridized carbons (Fsp3) is 0.105. The molecule has 1 saturated heterocycles. The van der Waals surface area contributed by atoms with Crippen molar-refractivity contribution in [3.8, 4) is 5.75 Å². The summed E-state index contributed by atoms with van der Waals surface area (Å²) in [6.07, 6.45) is 1.51. The standard InChI is InChI=1S/C19H16N2O3S/c1-12-3-2-4-14(9-12)11-24-15-7-5-13(6-8-15)10-16-17(22)20-19(25)21-18(16)23/h2-10H,11H2,1H3,(H2,20,21,22,23,25). The molecule has 2 N–H and O–H groups in total. The highest BCUT2D eigenvalue weighted by Crippen LogP contribution is 2.17. The second kappa shape index (κ2) is 7.27. The minimum atomic E-state index is -0.506. The van der Waals surface area contributed by atoms with E-state index in [4.69, 9.17) is 17.0 Å². The van der Waals surface area contributed by atoms with E-state index in [1.165, 1.54) is 11.6 Å². The Labute approximate surface area is 150 Å². The van der Waals surface area contributed by atoms with Crippen molar-refractivity contribution < 1.29 is 14.3 Å². The van der Waals surface area contributed by atoms with Gasteiger partial charge in [-0.15, -0.1) is 0 Å². The van der Waals surface area contributed by atoms with Crippen LogP contribution in [0.3, 0.4) is 0 Å². The summed E-state index contributed by atoms with van der Waals surface area (Å²) < 4.78 is 5.75. The maximum atomic E-state index is 11.8. The average molecular weight is 352 g/mol. The summed E-state index contributed by atoms with van der Waals surface area (Å²) in [5, 5.41) is 4.82. The maximum Gasteiger partial charge on any atom is 0.263 e. The number of thiocarbonyl (C=S) groups is 1. The van der Waals surface area contributed by atoms with Gasteiger partial charge in [-0.05, 0) is 48.5 Å².